The maximum absolute atomic E-state index is 15.1. The van der Waals surface area contributed by atoms with E-state index < -0.39 is 23.3 Å². The summed E-state index contributed by atoms with van der Waals surface area (Å²) in [5.41, 5.74) is 4.90. The van der Waals surface area contributed by atoms with E-state index in [4.69, 9.17) is 0 Å². The van der Waals surface area contributed by atoms with Crippen molar-refractivity contribution in [2.24, 2.45) is 0 Å². The fraction of sp³-hybridized carbons (Fsp3) is 0.231. The van der Waals surface area contributed by atoms with E-state index in [0.717, 1.165) is 41.7 Å². The number of unbranched alkanes of at least 4 members (excludes halogenated alkanes) is 1. The molecule has 0 saturated carbocycles. The number of halogens is 4. The molecule has 0 spiro atoms. The third kappa shape index (κ3) is 3.91. The van der Waals surface area contributed by atoms with Gasteiger partial charge in [0.15, 0.2) is 17.5 Å². The van der Waals surface area contributed by atoms with Crippen molar-refractivity contribution < 1.29 is 17.6 Å². The lowest BCUT2D eigenvalue weighted by Gasteiger charge is -2.19. The van der Waals surface area contributed by atoms with Gasteiger partial charge in [0.1, 0.15) is 5.82 Å². The first-order chi connectivity index (χ1) is 14.5. The van der Waals surface area contributed by atoms with Gasteiger partial charge in [-0.15, -0.1) is 0 Å². The molecule has 4 rings (SSSR count). The standard InChI is InChI=1S/C26H22F4/c1-2-3-4-16-5-7-17(8-6-16)18-9-11-21-19(13-18)10-12-22(25(21)29)20-14-23(27)26(30)24(28)15-20/h5-8,10,12-15H,2-4,9,11H2,1H3. The maximum atomic E-state index is 15.1. The van der Waals surface area contributed by atoms with Crippen LogP contribution in [0.25, 0.3) is 22.8 Å². The molecule has 0 heterocycles. The number of hydrogen-bond donors (Lipinski definition) is 0. The monoisotopic (exact) mass is 410 g/mol. The van der Waals surface area contributed by atoms with Gasteiger partial charge >= 0.3 is 0 Å². The zero-order valence-electron chi connectivity index (χ0n) is 16.7. The first-order valence-electron chi connectivity index (χ1n) is 10.2. The van der Waals surface area contributed by atoms with Crippen molar-refractivity contribution in [3.05, 3.63) is 94.1 Å². The molecular weight excluding hydrogens is 388 g/mol. The van der Waals surface area contributed by atoms with Crippen LogP contribution in [0.5, 0.6) is 0 Å². The Morgan fingerprint density at radius 1 is 0.767 bits per heavy atom. The Labute approximate surface area is 173 Å². The number of aryl methyl sites for hydroxylation is 1. The van der Waals surface area contributed by atoms with Crippen LogP contribution in [0.1, 0.15) is 48.4 Å². The zero-order chi connectivity index (χ0) is 21.3. The molecule has 1 aliphatic rings. The molecule has 0 radical (unpaired) electrons. The van der Waals surface area contributed by atoms with Gasteiger partial charge in [-0.1, -0.05) is 55.8 Å². The molecule has 0 fully saturated rings. The van der Waals surface area contributed by atoms with Gasteiger partial charge < -0.3 is 0 Å². The van der Waals surface area contributed by atoms with E-state index in [9.17, 15) is 13.2 Å². The second-order valence-corrected chi connectivity index (χ2v) is 7.72. The number of allylic oxidation sites excluding steroid dienone is 1. The predicted octanol–water partition coefficient (Wildman–Crippen LogP) is 7.74. The topological polar surface area (TPSA) is 0 Å². The number of hydrogen-bond acceptors (Lipinski definition) is 0. The normalized spacial score (nSPS) is 13.2. The number of benzene rings is 3. The molecule has 30 heavy (non-hydrogen) atoms. The second kappa shape index (κ2) is 8.47. The third-order valence-electron chi connectivity index (χ3n) is 5.69. The van der Waals surface area contributed by atoms with Crippen molar-refractivity contribution in [3.8, 4) is 11.1 Å². The zero-order valence-corrected chi connectivity index (χ0v) is 16.7. The lowest BCUT2D eigenvalue weighted by molar-refractivity contribution is 0.447. The molecule has 0 atom stereocenters. The highest BCUT2D eigenvalue weighted by Gasteiger charge is 2.20. The summed E-state index contributed by atoms with van der Waals surface area (Å²) in [7, 11) is 0. The van der Waals surface area contributed by atoms with E-state index in [1.54, 1.807) is 6.07 Å². The molecule has 0 aliphatic heterocycles. The van der Waals surface area contributed by atoms with E-state index in [-0.39, 0.29) is 11.1 Å². The Hall–Kier alpha value is -2.88. The van der Waals surface area contributed by atoms with Crippen LogP contribution in [0.4, 0.5) is 17.6 Å². The first kappa shape index (κ1) is 20.4. The average Bonchev–Trinajstić information content (AvgIpc) is 2.76. The molecule has 0 amide bonds. The Bertz CT molecular complexity index is 1090. The van der Waals surface area contributed by atoms with Crippen molar-refractivity contribution in [3.63, 3.8) is 0 Å². The van der Waals surface area contributed by atoms with Crippen molar-refractivity contribution in [2.45, 2.75) is 39.0 Å². The Kier molecular flexibility index (Phi) is 5.76. The summed E-state index contributed by atoms with van der Waals surface area (Å²) in [6.07, 6.45) is 6.53. The summed E-state index contributed by atoms with van der Waals surface area (Å²) in [4.78, 5) is 0. The van der Waals surface area contributed by atoms with Crippen LogP contribution < -0.4 is 0 Å². The molecule has 1 aliphatic carbocycles. The van der Waals surface area contributed by atoms with Gasteiger partial charge in [-0.05, 0) is 71.2 Å². The fourth-order valence-electron chi connectivity index (χ4n) is 3.97. The van der Waals surface area contributed by atoms with Crippen molar-refractivity contribution >= 4 is 11.6 Å². The van der Waals surface area contributed by atoms with Crippen LogP contribution in [0.3, 0.4) is 0 Å². The smallest absolute Gasteiger partial charge is 0.194 e. The van der Waals surface area contributed by atoms with E-state index in [1.807, 2.05) is 6.08 Å². The van der Waals surface area contributed by atoms with Gasteiger partial charge in [0.2, 0.25) is 0 Å². The van der Waals surface area contributed by atoms with Gasteiger partial charge in [-0.3, -0.25) is 0 Å². The number of fused-ring (bicyclic) bond motifs is 1. The molecule has 154 valence electrons. The quantitative estimate of drug-likeness (QED) is 0.298. The lowest BCUT2D eigenvalue weighted by atomic mass is 9.86. The highest BCUT2D eigenvalue weighted by molar-refractivity contribution is 5.85. The van der Waals surface area contributed by atoms with Crippen LogP contribution in [-0.4, -0.2) is 0 Å². The van der Waals surface area contributed by atoms with Gasteiger partial charge in [-0.2, -0.15) is 0 Å². The van der Waals surface area contributed by atoms with E-state index in [2.05, 4.69) is 31.2 Å². The minimum Gasteiger partial charge on any atom is -0.206 e. The second-order valence-electron chi connectivity index (χ2n) is 7.72. The Morgan fingerprint density at radius 3 is 2.13 bits per heavy atom. The lowest BCUT2D eigenvalue weighted by Crippen LogP contribution is -2.04. The minimum absolute atomic E-state index is 0.0101. The summed E-state index contributed by atoms with van der Waals surface area (Å²) in [5.74, 6) is -4.72. The Balaban J connectivity index is 1.65. The van der Waals surface area contributed by atoms with Crippen LogP contribution in [0, 0.1) is 23.3 Å². The molecular formula is C26H22F4. The number of rotatable bonds is 5. The fourth-order valence-corrected chi connectivity index (χ4v) is 3.97. The van der Waals surface area contributed by atoms with E-state index >= 15 is 4.39 Å². The molecule has 3 aromatic carbocycles. The first-order valence-corrected chi connectivity index (χ1v) is 10.2. The largest absolute Gasteiger partial charge is 0.206 e. The summed E-state index contributed by atoms with van der Waals surface area (Å²) in [6, 6.07) is 13.4. The van der Waals surface area contributed by atoms with Crippen LogP contribution in [0.15, 0.2) is 48.5 Å². The molecule has 4 heteroatoms. The van der Waals surface area contributed by atoms with Gasteiger partial charge in [0.25, 0.3) is 0 Å². The summed E-state index contributed by atoms with van der Waals surface area (Å²) >= 11 is 0. The molecule has 0 saturated heterocycles. The Morgan fingerprint density at radius 2 is 1.47 bits per heavy atom. The highest BCUT2D eigenvalue weighted by Crippen LogP contribution is 2.36. The van der Waals surface area contributed by atoms with E-state index in [1.165, 1.54) is 18.1 Å². The molecule has 0 nitrogen and oxygen atoms in total. The summed E-state index contributed by atoms with van der Waals surface area (Å²) < 4.78 is 55.5. The summed E-state index contributed by atoms with van der Waals surface area (Å²) in [6.45, 7) is 2.17. The SMILES string of the molecule is CCCCc1ccc(C2=Cc3ccc(-c4cc(F)c(F)c(F)c4)c(F)c3CC2)cc1. The molecule has 3 aromatic rings. The average molecular weight is 410 g/mol. The van der Waals surface area contributed by atoms with Gasteiger partial charge in [0, 0.05) is 5.56 Å². The molecule has 0 N–H and O–H groups in total. The molecule has 0 unspecified atom stereocenters. The van der Waals surface area contributed by atoms with Gasteiger partial charge in [-0.25, -0.2) is 17.6 Å². The van der Waals surface area contributed by atoms with Crippen LogP contribution >= 0.6 is 0 Å². The minimum atomic E-state index is -1.55. The van der Waals surface area contributed by atoms with Crippen molar-refractivity contribution in [2.75, 3.05) is 0 Å². The van der Waals surface area contributed by atoms with Crippen molar-refractivity contribution in [1.29, 1.82) is 0 Å². The predicted molar refractivity (Wildman–Crippen MR) is 113 cm³/mol. The third-order valence-corrected chi connectivity index (χ3v) is 5.69. The molecule has 0 aromatic heterocycles. The van der Waals surface area contributed by atoms with Crippen LogP contribution in [-0.2, 0) is 12.8 Å². The van der Waals surface area contributed by atoms with Crippen LogP contribution in [0.2, 0.25) is 0 Å². The molecule has 0 bridgehead atoms. The summed E-state index contributed by atoms with van der Waals surface area (Å²) in [5, 5.41) is 0. The maximum Gasteiger partial charge on any atom is 0.194 e. The van der Waals surface area contributed by atoms with E-state index in [0.29, 0.717) is 18.4 Å². The van der Waals surface area contributed by atoms with Gasteiger partial charge in [0.05, 0.1) is 0 Å². The highest BCUT2D eigenvalue weighted by atomic mass is 19.2. The van der Waals surface area contributed by atoms with Crippen molar-refractivity contribution in [1.82, 2.24) is 0 Å².